The molecular weight excluding hydrogens is 544 g/mol. The lowest BCUT2D eigenvalue weighted by Crippen LogP contribution is -2.59. The van der Waals surface area contributed by atoms with Crippen molar-refractivity contribution < 1.29 is 29.0 Å². The van der Waals surface area contributed by atoms with Crippen molar-refractivity contribution in [1.29, 1.82) is 0 Å². The molecular formula is C32H35ClN2O6. The Balaban J connectivity index is 1.63. The second-order valence-electron chi connectivity index (χ2n) is 11.1. The van der Waals surface area contributed by atoms with Crippen LogP contribution in [0.25, 0.3) is 0 Å². The lowest BCUT2D eigenvalue weighted by atomic mass is 9.66. The molecule has 5 rings (SSSR count). The van der Waals surface area contributed by atoms with Crippen LogP contribution in [0, 0.1) is 11.8 Å². The largest absolute Gasteiger partial charge is 0.461 e. The molecule has 1 N–H and O–H groups in total. The molecule has 0 aliphatic carbocycles. The number of rotatable bonds is 11. The highest BCUT2D eigenvalue weighted by Gasteiger charge is 2.79. The number of hydrogen-bond acceptors (Lipinski definition) is 6. The Morgan fingerprint density at radius 2 is 1.88 bits per heavy atom. The third kappa shape index (κ3) is 4.78. The molecule has 3 heterocycles. The number of aliphatic hydroxyl groups excluding tert-OH is 1. The highest BCUT2D eigenvalue weighted by atomic mass is 35.5. The van der Waals surface area contributed by atoms with Crippen molar-refractivity contribution in [1.82, 2.24) is 4.90 Å². The van der Waals surface area contributed by atoms with E-state index in [-0.39, 0.29) is 19.8 Å². The smallest absolute Gasteiger partial charge is 0.313 e. The van der Waals surface area contributed by atoms with Crippen LogP contribution >= 0.6 is 11.6 Å². The maximum Gasteiger partial charge on any atom is 0.313 e. The number of nitrogens with zero attached hydrogens (tertiary/aromatic N) is 2. The Morgan fingerprint density at radius 1 is 1.17 bits per heavy atom. The molecule has 8 nitrogen and oxygen atoms in total. The molecule has 9 heteroatoms. The molecule has 41 heavy (non-hydrogen) atoms. The van der Waals surface area contributed by atoms with E-state index < -0.39 is 52.9 Å². The van der Waals surface area contributed by atoms with E-state index in [4.69, 9.17) is 21.1 Å². The summed E-state index contributed by atoms with van der Waals surface area (Å²) < 4.78 is 12.1. The summed E-state index contributed by atoms with van der Waals surface area (Å²) in [7, 11) is 0. The maximum atomic E-state index is 14.7. The van der Waals surface area contributed by atoms with Gasteiger partial charge in [-0.15, -0.1) is 6.58 Å². The first-order valence-corrected chi connectivity index (χ1v) is 14.2. The summed E-state index contributed by atoms with van der Waals surface area (Å²) in [6.45, 7) is 9.01. The van der Waals surface area contributed by atoms with Crippen LogP contribution < -0.4 is 4.90 Å². The first kappa shape index (κ1) is 29.0. The number of ether oxygens (including phenoxy) is 2. The van der Waals surface area contributed by atoms with Crippen molar-refractivity contribution >= 4 is 35.1 Å². The predicted octanol–water partition coefficient (Wildman–Crippen LogP) is 3.96. The molecule has 2 aromatic carbocycles. The summed E-state index contributed by atoms with van der Waals surface area (Å²) >= 11 is 6.54. The number of benzene rings is 2. The molecule has 0 radical (unpaired) electrons. The predicted molar refractivity (Wildman–Crippen MR) is 155 cm³/mol. The summed E-state index contributed by atoms with van der Waals surface area (Å²) in [5, 5.41) is 11.0. The third-order valence-corrected chi connectivity index (χ3v) is 9.00. The number of aliphatic hydroxyl groups is 1. The Morgan fingerprint density at radius 3 is 2.54 bits per heavy atom. The first-order chi connectivity index (χ1) is 19.7. The minimum atomic E-state index is -1.29. The van der Waals surface area contributed by atoms with Crippen molar-refractivity contribution in [2.45, 2.75) is 49.5 Å². The fraction of sp³-hybridized carbons (Fsp3) is 0.406. The van der Waals surface area contributed by atoms with Crippen LogP contribution in [0.3, 0.4) is 0 Å². The molecule has 3 aliphatic rings. The van der Waals surface area contributed by atoms with Crippen LogP contribution in [0.15, 0.2) is 79.9 Å². The van der Waals surface area contributed by atoms with Gasteiger partial charge in [0.1, 0.15) is 24.2 Å². The molecule has 6 atom stereocenters. The van der Waals surface area contributed by atoms with E-state index in [0.717, 1.165) is 5.56 Å². The standard InChI is InChI=1S/C32H35ClN2O6/c1-4-17-34(24-14-10-9-13-23(24)33)29(38)27-32-16-15-31(3,41-32)26(30(39)40-18-5-2)25(32)28(37)35(27)22(20-36)19-21-11-7-6-8-12-21/h4-14,22,25-27,36H,1-2,15-20H2,3H3/t22-,25+,26+,27?,31-,32?/m1/s1. The van der Waals surface area contributed by atoms with E-state index in [1.807, 2.05) is 37.3 Å². The van der Waals surface area contributed by atoms with Gasteiger partial charge in [0.25, 0.3) is 5.91 Å². The summed E-state index contributed by atoms with van der Waals surface area (Å²) in [6.07, 6.45) is 4.24. The molecule has 2 unspecified atom stereocenters. The zero-order valence-electron chi connectivity index (χ0n) is 23.1. The van der Waals surface area contributed by atoms with Crippen LogP contribution in [0.2, 0.25) is 5.02 Å². The van der Waals surface area contributed by atoms with Gasteiger partial charge in [0.2, 0.25) is 5.91 Å². The van der Waals surface area contributed by atoms with E-state index in [0.29, 0.717) is 30.0 Å². The van der Waals surface area contributed by atoms with Gasteiger partial charge in [0.05, 0.1) is 34.9 Å². The molecule has 3 fully saturated rings. The maximum absolute atomic E-state index is 14.7. The average Bonchev–Trinajstić information content (AvgIpc) is 3.54. The van der Waals surface area contributed by atoms with E-state index in [2.05, 4.69) is 13.2 Å². The van der Waals surface area contributed by atoms with Crippen molar-refractivity contribution in [2.75, 3.05) is 24.7 Å². The first-order valence-electron chi connectivity index (χ1n) is 13.8. The number of esters is 1. The van der Waals surface area contributed by atoms with Crippen LogP contribution in [-0.4, -0.2) is 70.8 Å². The van der Waals surface area contributed by atoms with Crippen molar-refractivity contribution in [2.24, 2.45) is 11.8 Å². The Labute approximate surface area is 245 Å². The van der Waals surface area contributed by atoms with E-state index in [9.17, 15) is 19.5 Å². The fourth-order valence-corrected chi connectivity index (χ4v) is 7.25. The van der Waals surface area contributed by atoms with Crippen LogP contribution in [0.5, 0.6) is 0 Å². The number of likely N-dealkylation sites (tertiary alicyclic amines) is 1. The normalized spacial score (nSPS) is 28.7. The second kappa shape index (κ2) is 11.4. The summed E-state index contributed by atoms with van der Waals surface area (Å²) in [6, 6.07) is 14.6. The second-order valence-corrected chi connectivity index (χ2v) is 11.5. The molecule has 3 aliphatic heterocycles. The van der Waals surface area contributed by atoms with Gasteiger partial charge in [-0.3, -0.25) is 14.4 Å². The Kier molecular flexibility index (Phi) is 8.10. The van der Waals surface area contributed by atoms with Crippen LogP contribution in [0.4, 0.5) is 5.69 Å². The van der Waals surface area contributed by atoms with Gasteiger partial charge in [0, 0.05) is 6.54 Å². The number of carbonyl (C=O) groups excluding carboxylic acids is 3. The molecule has 2 amide bonds. The average molecular weight is 579 g/mol. The minimum Gasteiger partial charge on any atom is -0.461 e. The lowest BCUT2D eigenvalue weighted by molar-refractivity contribution is -0.159. The van der Waals surface area contributed by atoms with Gasteiger partial charge in [-0.1, -0.05) is 72.8 Å². The summed E-state index contributed by atoms with van der Waals surface area (Å²) in [4.78, 5) is 45.6. The lowest BCUT2D eigenvalue weighted by Gasteiger charge is -2.39. The number of fused-ring (bicyclic) bond motifs is 1. The van der Waals surface area contributed by atoms with Gasteiger partial charge in [0.15, 0.2) is 0 Å². The molecule has 2 bridgehead atoms. The number of hydrogen-bond donors (Lipinski definition) is 1. The van der Waals surface area contributed by atoms with Crippen molar-refractivity contribution in [3.8, 4) is 0 Å². The molecule has 2 aromatic rings. The number of carbonyl (C=O) groups is 3. The van der Waals surface area contributed by atoms with Gasteiger partial charge in [-0.05, 0) is 43.9 Å². The number of amides is 2. The quantitative estimate of drug-likeness (QED) is 0.320. The monoisotopic (exact) mass is 578 g/mol. The van der Waals surface area contributed by atoms with Crippen LogP contribution in [0.1, 0.15) is 25.3 Å². The minimum absolute atomic E-state index is 0.00170. The summed E-state index contributed by atoms with van der Waals surface area (Å²) in [5.41, 5.74) is -0.903. The van der Waals surface area contributed by atoms with E-state index in [1.165, 1.54) is 15.9 Å². The van der Waals surface area contributed by atoms with Gasteiger partial charge in [-0.25, -0.2) is 0 Å². The Hall–Kier alpha value is -3.46. The van der Waals surface area contributed by atoms with Crippen molar-refractivity contribution in [3.05, 3.63) is 90.5 Å². The van der Waals surface area contributed by atoms with Gasteiger partial charge < -0.3 is 24.4 Å². The summed E-state index contributed by atoms with van der Waals surface area (Å²) in [5.74, 6) is -3.23. The number of halogens is 1. The zero-order valence-corrected chi connectivity index (χ0v) is 23.8. The highest BCUT2D eigenvalue weighted by Crippen LogP contribution is 2.64. The molecule has 0 saturated carbocycles. The van der Waals surface area contributed by atoms with Crippen molar-refractivity contribution in [3.63, 3.8) is 0 Å². The zero-order chi connectivity index (χ0) is 29.4. The van der Waals surface area contributed by atoms with Gasteiger partial charge in [-0.2, -0.15) is 0 Å². The molecule has 3 saturated heterocycles. The van der Waals surface area contributed by atoms with Gasteiger partial charge >= 0.3 is 5.97 Å². The topological polar surface area (TPSA) is 96.4 Å². The third-order valence-electron chi connectivity index (χ3n) is 8.69. The number of para-hydroxylation sites is 1. The fourth-order valence-electron chi connectivity index (χ4n) is 7.02. The van der Waals surface area contributed by atoms with E-state index >= 15 is 0 Å². The molecule has 216 valence electrons. The highest BCUT2D eigenvalue weighted by molar-refractivity contribution is 6.34. The molecule has 1 spiro atoms. The van der Waals surface area contributed by atoms with Crippen LogP contribution in [-0.2, 0) is 30.3 Å². The Bertz CT molecular complexity index is 1350. The van der Waals surface area contributed by atoms with E-state index in [1.54, 1.807) is 30.3 Å². The number of anilines is 1. The molecule has 0 aromatic heterocycles. The SMILES string of the molecule is C=CCOC(=O)[C@@H]1[C@H]2C(=O)N([C@@H](CO)Cc3ccccc3)C(C(=O)N(CC=C)c3ccccc3Cl)C23CC[C@@]1(C)O3.